The largest absolute Gasteiger partial charge is 0.208 e. The van der Waals surface area contributed by atoms with Crippen LogP contribution in [0.25, 0.3) is 87.0 Å². The van der Waals surface area contributed by atoms with Gasteiger partial charge in [0.2, 0.25) is 0 Å². The average Bonchev–Trinajstić information content (AvgIpc) is 3.51. The number of benzene rings is 7. The van der Waals surface area contributed by atoms with Gasteiger partial charge in [0.15, 0.2) is 17.5 Å². The van der Waals surface area contributed by atoms with Gasteiger partial charge in [-0.05, 0) is 44.8 Å². The lowest BCUT2D eigenvalue weighted by molar-refractivity contribution is 1.07. The van der Waals surface area contributed by atoms with Gasteiger partial charge in [-0.3, -0.25) is 0 Å². The number of rotatable bonds is 4. The maximum Gasteiger partial charge on any atom is 0.164 e. The Labute approximate surface area is 264 Å². The molecule has 210 valence electrons. The minimum absolute atomic E-state index is 0.658. The van der Waals surface area contributed by atoms with Gasteiger partial charge in [0.1, 0.15) is 0 Å². The van der Waals surface area contributed by atoms with Crippen molar-refractivity contribution in [2.24, 2.45) is 0 Å². The van der Waals surface area contributed by atoms with Gasteiger partial charge in [-0.25, -0.2) is 15.0 Å². The molecule has 9 rings (SSSR count). The minimum Gasteiger partial charge on any atom is -0.208 e. The summed E-state index contributed by atoms with van der Waals surface area (Å²) in [6, 6.07) is 53.2. The molecule has 2 heterocycles. The van der Waals surface area contributed by atoms with Crippen LogP contribution in [0.4, 0.5) is 0 Å². The van der Waals surface area contributed by atoms with E-state index in [1.54, 1.807) is 0 Å². The fraction of sp³-hybridized carbons (Fsp3) is 0. The zero-order valence-corrected chi connectivity index (χ0v) is 25.0. The lowest BCUT2D eigenvalue weighted by atomic mass is 9.96. The topological polar surface area (TPSA) is 38.7 Å². The first-order valence-corrected chi connectivity index (χ1v) is 15.9. The smallest absolute Gasteiger partial charge is 0.164 e. The van der Waals surface area contributed by atoms with Crippen molar-refractivity contribution in [1.29, 1.82) is 0 Å². The van der Waals surface area contributed by atoms with Crippen molar-refractivity contribution in [2.75, 3.05) is 0 Å². The summed E-state index contributed by atoms with van der Waals surface area (Å²) in [5, 5.41) is 7.78. The van der Waals surface area contributed by atoms with E-state index in [0.29, 0.717) is 17.5 Å². The van der Waals surface area contributed by atoms with Crippen LogP contribution in [0.2, 0.25) is 0 Å². The van der Waals surface area contributed by atoms with Gasteiger partial charge in [0.25, 0.3) is 0 Å². The number of fused-ring (bicyclic) bond motifs is 7. The Kier molecular flexibility index (Phi) is 6.00. The Hall–Kier alpha value is -5.71. The summed E-state index contributed by atoms with van der Waals surface area (Å²) in [6.45, 7) is 0. The molecule has 0 N–H and O–H groups in total. The molecule has 0 saturated carbocycles. The lowest BCUT2D eigenvalue weighted by Gasteiger charge is -2.10. The first-order chi connectivity index (χ1) is 22.3. The summed E-state index contributed by atoms with van der Waals surface area (Å²) in [6.07, 6.45) is 0. The van der Waals surface area contributed by atoms with E-state index in [2.05, 4.69) is 91.0 Å². The number of hydrogen-bond acceptors (Lipinski definition) is 4. The van der Waals surface area contributed by atoms with Crippen molar-refractivity contribution in [3.63, 3.8) is 0 Å². The molecule has 0 bridgehead atoms. The standard InChI is InChI=1S/C41H25N3S/c1-3-12-28(13-4-1)39-42-40(29-14-5-2-6-15-29)44-41(43-39)31-17-9-16-30(25-31)33-19-10-20-34-37-35(45-38(33)34)24-23-27-22-21-26-11-7-8-18-32(26)36(27)37/h1-25H. The Balaban J connectivity index is 1.24. The summed E-state index contributed by atoms with van der Waals surface area (Å²) in [5.74, 6) is 1.98. The minimum atomic E-state index is 0.658. The predicted molar refractivity (Wildman–Crippen MR) is 189 cm³/mol. The van der Waals surface area contributed by atoms with Gasteiger partial charge < -0.3 is 0 Å². The molecule has 0 atom stereocenters. The molecule has 0 aliphatic carbocycles. The van der Waals surface area contributed by atoms with E-state index >= 15 is 0 Å². The lowest BCUT2D eigenvalue weighted by Crippen LogP contribution is -2.00. The molecule has 0 saturated heterocycles. The van der Waals surface area contributed by atoms with Gasteiger partial charge >= 0.3 is 0 Å². The summed E-state index contributed by atoms with van der Waals surface area (Å²) in [4.78, 5) is 14.8. The number of aromatic nitrogens is 3. The number of nitrogens with zero attached hydrogens (tertiary/aromatic N) is 3. The Morgan fingerprint density at radius 3 is 1.69 bits per heavy atom. The molecule has 9 aromatic rings. The normalized spacial score (nSPS) is 11.6. The van der Waals surface area contributed by atoms with Crippen LogP contribution in [-0.2, 0) is 0 Å². The number of thiophene rings is 1. The third-order valence-electron chi connectivity index (χ3n) is 8.50. The predicted octanol–water partition coefficient (Wildman–Crippen LogP) is 11.2. The zero-order chi connectivity index (χ0) is 29.7. The zero-order valence-electron chi connectivity index (χ0n) is 24.2. The Morgan fingerprint density at radius 1 is 0.378 bits per heavy atom. The Bertz CT molecular complexity index is 2480. The summed E-state index contributed by atoms with van der Waals surface area (Å²) >= 11 is 1.87. The average molecular weight is 592 g/mol. The first kappa shape index (κ1) is 25.8. The molecule has 2 aromatic heterocycles. The molecule has 45 heavy (non-hydrogen) atoms. The molecule has 3 nitrogen and oxygen atoms in total. The van der Waals surface area contributed by atoms with Gasteiger partial charge in [-0.1, -0.05) is 140 Å². The summed E-state index contributed by atoms with van der Waals surface area (Å²) in [7, 11) is 0. The van der Waals surface area contributed by atoms with E-state index in [9.17, 15) is 0 Å². The highest BCUT2D eigenvalue weighted by molar-refractivity contribution is 7.26. The van der Waals surface area contributed by atoms with E-state index in [1.807, 2.05) is 72.0 Å². The Morgan fingerprint density at radius 2 is 0.933 bits per heavy atom. The van der Waals surface area contributed by atoms with E-state index in [-0.39, 0.29) is 0 Å². The monoisotopic (exact) mass is 591 g/mol. The fourth-order valence-electron chi connectivity index (χ4n) is 6.38. The fourth-order valence-corrected chi connectivity index (χ4v) is 7.62. The third kappa shape index (κ3) is 4.38. The van der Waals surface area contributed by atoms with Crippen molar-refractivity contribution in [2.45, 2.75) is 0 Å². The highest BCUT2D eigenvalue weighted by Gasteiger charge is 2.16. The molecule has 0 aliphatic rings. The van der Waals surface area contributed by atoms with Crippen molar-refractivity contribution in [3.8, 4) is 45.3 Å². The van der Waals surface area contributed by atoms with Crippen molar-refractivity contribution in [1.82, 2.24) is 15.0 Å². The molecule has 0 aliphatic heterocycles. The van der Waals surface area contributed by atoms with E-state index in [1.165, 1.54) is 47.3 Å². The van der Waals surface area contributed by atoms with Gasteiger partial charge in [0.05, 0.1) is 0 Å². The van der Waals surface area contributed by atoms with Gasteiger partial charge in [-0.15, -0.1) is 11.3 Å². The van der Waals surface area contributed by atoms with Crippen molar-refractivity contribution >= 4 is 53.1 Å². The molecule has 4 heteroatoms. The van der Waals surface area contributed by atoms with Crippen LogP contribution in [0, 0.1) is 0 Å². The van der Waals surface area contributed by atoms with Crippen LogP contribution in [0.5, 0.6) is 0 Å². The maximum absolute atomic E-state index is 4.97. The molecular weight excluding hydrogens is 567 g/mol. The quantitative estimate of drug-likeness (QED) is 0.191. The second kappa shape index (κ2) is 10.5. The molecule has 0 amide bonds. The van der Waals surface area contributed by atoms with Crippen LogP contribution in [0.1, 0.15) is 0 Å². The molecular formula is C41H25N3S. The SMILES string of the molecule is c1ccc(-c2nc(-c3ccccc3)nc(-c3cccc(-c4cccc5c4sc4ccc6ccc7ccccc7c6c45)c3)n2)cc1. The molecule has 0 fully saturated rings. The second-order valence-corrected chi connectivity index (χ2v) is 12.3. The van der Waals surface area contributed by atoms with Gasteiger partial charge in [0, 0.05) is 36.9 Å². The molecule has 7 aromatic carbocycles. The first-order valence-electron chi connectivity index (χ1n) is 15.0. The highest BCUT2D eigenvalue weighted by atomic mass is 32.1. The van der Waals surface area contributed by atoms with Crippen molar-refractivity contribution < 1.29 is 0 Å². The van der Waals surface area contributed by atoms with E-state index in [4.69, 9.17) is 15.0 Å². The third-order valence-corrected chi connectivity index (χ3v) is 9.70. The van der Waals surface area contributed by atoms with E-state index in [0.717, 1.165) is 22.3 Å². The van der Waals surface area contributed by atoms with Crippen LogP contribution >= 0.6 is 11.3 Å². The van der Waals surface area contributed by atoms with E-state index < -0.39 is 0 Å². The maximum atomic E-state index is 4.97. The van der Waals surface area contributed by atoms with Crippen LogP contribution < -0.4 is 0 Å². The molecule has 0 spiro atoms. The highest BCUT2D eigenvalue weighted by Crippen LogP contribution is 2.44. The second-order valence-electron chi connectivity index (χ2n) is 11.2. The van der Waals surface area contributed by atoms with Crippen LogP contribution in [0.15, 0.2) is 152 Å². The van der Waals surface area contributed by atoms with Crippen LogP contribution in [-0.4, -0.2) is 15.0 Å². The molecule has 0 radical (unpaired) electrons. The number of hydrogen-bond donors (Lipinski definition) is 0. The summed E-state index contributed by atoms with van der Waals surface area (Å²) in [5.41, 5.74) is 5.23. The van der Waals surface area contributed by atoms with Gasteiger partial charge in [-0.2, -0.15) is 0 Å². The van der Waals surface area contributed by atoms with Crippen molar-refractivity contribution in [3.05, 3.63) is 152 Å². The molecule has 0 unspecified atom stereocenters. The summed E-state index contributed by atoms with van der Waals surface area (Å²) < 4.78 is 2.59. The van der Waals surface area contributed by atoms with Crippen LogP contribution in [0.3, 0.4) is 0 Å².